The summed E-state index contributed by atoms with van der Waals surface area (Å²) in [5.41, 5.74) is 0. The number of aliphatic hydroxyl groups excluding tert-OH is 1. The molecule has 0 saturated heterocycles. The molecule has 0 saturated carbocycles. The van der Waals surface area contributed by atoms with Gasteiger partial charge in [0.2, 0.25) is 0 Å². The van der Waals surface area contributed by atoms with Crippen molar-refractivity contribution in [1.82, 2.24) is 4.90 Å². The maximum atomic E-state index is 11.4. The molecule has 0 aliphatic carbocycles. The number of nitrogens with zero attached hydrogens (tertiary/aromatic N) is 1. The number of unbranched alkanes of at least 4 members (excludes halogenated alkanes) is 2. The van der Waals surface area contributed by atoms with E-state index in [0.29, 0.717) is 13.2 Å². The van der Waals surface area contributed by atoms with Gasteiger partial charge >= 0.3 is 11.9 Å². The second-order valence-electron chi connectivity index (χ2n) is 4.28. The van der Waals surface area contributed by atoms with Gasteiger partial charge in [-0.25, -0.2) is 0 Å². The predicted molar refractivity (Wildman–Crippen MR) is 70.4 cm³/mol. The average Bonchev–Trinajstić information content (AvgIpc) is 2.38. The lowest BCUT2D eigenvalue weighted by molar-refractivity contribution is -0.150. The van der Waals surface area contributed by atoms with Crippen molar-refractivity contribution in [3.8, 4) is 0 Å². The zero-order valence-electron chi connectivity index (χ0n) is 11.9. The molecule has 1 N–H and O–H groups in total. The number of esters is 2. The Bertz CT molecular complexity index is 233. The first-order valence-corrected chi connectivity index (χ1v) is 6.78. The lowest BCUT2D eigenvalue weighted by Crippen LogP contribution is -2.36. The van der Waals surface area contributed by atoms with Crippen molar-refractivity contribution >= 4 is 11.9 Å². The van der Waals surface area contributed by atoms with Gasteiger partial charge in [0.1, 0.15) is 0 Å². The van der Waals surface area contributed by atoms with Crippen molar-refractivity contribution in [2.75, 3.05) is 33.0 Å². The van der Waals surface area contributed by atoms with E-state index < -0.39 is 11.9 Å². The number of hydrogen-bond donors (Lipinski definition) is 1. The minimum atomic E-state index is -0.441. The smallest absolute Gasteiger partial charge is 0.320 e. The number of carbonyl (C=O) groups excluding carboxylic acids is 2. The highest BCUT2D eigenvalue weighted by molar-refractivity contribution is 5.74. The second-order valence-corrected chi connectivity index (χ2v) is 4.28. The largest absolute Gasteiger partial charge is 0.465 e. The molecule has 19 heavy (non-hydrogen) atoms. The maximum absolute atomic E-state index is 11.4. The molecule has 112 valence electrons. The van der Waals surface area contributed by atoms with Crippen LogP contribution in [0.3, 0.4) is 0 Å². The van der Waals surface area contributed by atoms with Crippen LogP contribution >= 0.6 is 0 Å². The Morgan fingerprint density at radius 2 is 1.37 bits per heavy atom. The molecule has 0 atom stereocenters. The molecule has 0 fully saturated rings. The molecule has 0 aliphatic rings. The summed E-state index contributed by atoms with van der Waals surface area (Å²) in [5.74, 6) is -0.882. The summed E-state index contributed by atoms with van der Waals surface area (Å²) in [5, 5.41) is 9.08. The van der Waals surface area contributed by atoms with Gasteiger partial charge in [0.25, 0.3) is 0 Å². The monoisotopic (exact) mass is 275 g/mol. The first kappa shape index (κ1) is 17.9. The Balaban J connectivity index is 3.86. The lowest BCUT2D eigenvalue weighted by atomic mass is 10.4. The predicted octanol–water partition coefficient (Wildman–Crippen LogP) is 0.925. The van der Waals surface area contributed by atoms with Gasteiger partial charge in [-0.15, -0.1) is 0 Å². The zero-order chi connectivity index (χ0) is 14.5. The maximum Gasteiger partial charge on any atom is 0.320 e. The number of rotatable bonds is 11. The van der Waals surface area contributed by atoms with Gasteiger partial charge in [0.05, 0.1) is 33.0 Å². The molecule has 0 amide bonds. The van der Waals surface area contributed by atoms with Gasteiger partial charge in [-0.1, -0.05) is 26.7 Å². The normalized spacial score (nSPS) is 10.5. The summed E-state index contributed by atoms with van der Waals surface area (Å²) >= 11 is 0. The van der Waals surface area contributed by atoms with Crippen molar-refractivity contribution < 1.29 is 24.2 Å². The number of aliphatic hydroxyl groups is 1. The highest BCUT2D eigenvalue weighted by Crippen LogP contribution is 1.95. The summed E-state index contributed by atoms with van der Waals surface area (Å²) in [6, 6.07) is 0. The first-order valence-electron chi connectivity index (χ1n) is 6.78. The second kappa shape index (κ2) is 11.9. The standard InChI is InChI=1S/C13H25NO5/c1-3-5-7-18-12(16)9-14(11-15)10-13(17)19-8-6-4-2/h15H,3-11H2,1-2H3. The highest BCUT2D eigenvalue weighted by atomic mass is 16.5. The molecule has 0 heterocycles. The average molecular weight is 275 g/mol. The highest BCUT2D eigenvalue weighted by Gasteiger charge is 2.15. The molecule has 0 aromatic heterocycles. The molecular formula is C13H25NO5. The van der Waals surface area contributed by atoms with E-state index in [1.807, 2.05) is 13.8 Å². The van der Waals surface area contributed by atoms with Crippen LogP contribution in [0.1, 0.15) is 39.5 Å². The van der Waals surface area contributed by atoms with Crippen LogP contribution in [0.2, 0.25) is 0 Å². The number of carbonyl (C=O) groups is 2. The minimum absolute atomic E-state index is 0.108. The summed E-state index contributed by atoms with van der Waals surface area (Å²) in [4.78, 5) is 24.1. The molecule has 6 nitrogen and oxygen atoms in total. The van der Waals surface area contributed by atoms with Crippen molar-refractivity contribution in [1.29, 1.82) is 0 Å². The fourth-order valence-electron chi connectivity index (χ4n) is 1.27. The quantitative estimate of drug-likeness (QED) is 0.343. The van der Waals surface area contributed by atoms with E-state index in [4.69, 9.17) is 14.6 Å². The summed E-state index contributed by atoms with van der Waals surface area (Å²) in [6.45, 7) is 4.14. The van der Waals surface area contributed by atoms with E-state index >= 15 is 0 Å². The van der Waals surface area contributed by atoms with Crippen LogP contribution in [0, 0.1) is 0 Å². The van der Waals surface area contributed by atoms with E-state index in [9.17, 15) is 9.59 Å². The summed E-state index contributed by atoms with van der Waals surface area (Å²) < 4.78 is 9.90. The Morgan fingerprint density at radius 3 is 1.68 bits per heavy atom. The fourth-order valence-corrected chi connectivity index (χ4v) is 1.27. The number of hydrogen-bond acceptors (Lipinski definition) is 6. The van der Waals surface area contributed by atoms with Gasteiger partial charge < -0.3 is 14.6 Å². The fraction of sp³-hybridized carbons (Fsp3) is 0.846. The molecular weight excluding hydrogens is 250 g/mol. The zero-order valence-corrected chi connectivity index (χ0v) is 11.9. The minimum Gasteiger partial charge on any atom is -0.465 e. The van der Waals surface area contributed by atoms with Crippen LogP contribution < -0.4 is 0 Å². The third-order valence-electron chi connectivity index (χ3n) is 2.43. The van der Waals surface area contributed by atoms with Crippen molar-refractivity contribution in [3.05, 3.63) is 0 Å². The third kappa shape index (κ3) is 10.5. The number of ether oxygens (including phenoxy) is 2. The molecule has 0 rings (SSSR count). The molecule has 6 heteroatoms. The van der Waals surface area contributed by atoms with Gasteiger partial charge in [0.15, 0.2) is 0 Å². The van der Waals surface area contributed by atoms with Crippen LogP contribution in [0.5, 0.6) is 0 Å². The van der Waals surface area contributed by atoms with E-state index in [-0.39, 0.29) is 19.8 Å². The van der Waals surface area contributed by atoms with Crippen LogP contribution in [-0.2, 0) is 19.1 Å². The Hall–Kier alpha value is -1.14. The molecule has 0 radical (unpaired) electrons. The SMILES string of the molecule is CCCCOC(=O)CN(CO)CC(=O)OCCCC. The lowest BCUT2D eigenvalue weighted by Gasteiger charge is -2.17. The van der Waals surface area contributed by atoms with Gasteiger partial charge in [0, 0.05) is 0 Å². The van der Waals surface area contributed by atoms with Crippen LogP contribution in [0.25, 0.3) is 0 Å². The Kier molecular flexibility index (Phi) is 11.2. The molecule has 0 aromatic rings. The van der Waals surface area contributed by atoms with Gasteiger partial charge in [-0.2, -0.15) is 0 Å². The molecule has 0 bridgehead atoms. The van der Waals surface area contributed by atoms with E-state index in [1.165, 1.54) is 4.90 Å². The van der Waals surface area contributed by atoms with E-state index in [2.05, 4.69) is 0 Å². The van der Waals surface area contributed by atoms with Crippen LogP contribution in [0.15, 0.2) is 0 Å². The van der Waals surface area contributed by atoms with E-state index in [1.54, 1.807) is 0 Å². The first-order chi connectivity index (χ1) is 9.13. The van der Waals surface area contributed by atoms with E-state index in [0.717, 1.165) is 25.7 Å². The van der Waals surface area contributed by atoms with Crippen molar-refractivity contribution in [3.63, 3.8) is 0 Å². The summed E-state index contributed by atoms with van der Waals surface area (Å²) in [6.07, 6.45) is 3.51. The molecule has 0 unspecified atom stereocenters. The molecule has 0 aromatic carbocycles. The van der Waals surface area contributed by atoms with Crippen LogP contribution in [0.4, 0.5) is 0 Å². The summed E-state index contributed by atoms with van der Waals surface area (Å²) in [7, 11) is 0. The van der Waals surface area contributed by atoms with Gasteiger partial charge in [-0.05, 0) is 12.8 Å². The van der Waals surface area contributed by atoms with Gasteiger partial charge in [-0.3, -0.25) is 14.5 Å². The molecule has 0 aliphatic heterocycles. The third-order valence-corrected chi connectivity index (χ3v) is 2.43. The Morgan fingerprint density at radius 1 is 0.947 bits per heavy atom. The van der Waals surface area contributed by atoms with Crippen LogP contribution in [-0.4, -0.2) is 55.0 Å². The van der Waals surface area contributed by atoms with Crippen molar-refractivity contribution in [2.24, 2.45) is 0 Å². The topological polar surface area (TPSA) is 76.1 Å². The van der Waals surface area contributed by atoms with Crippen molar-refractivity contribution in [2.45, 2.75) is 39.5 Å². The Labute approximate surface area is 114 Å². The molecule has 0 spiro atoms.